The van der Waals surface area contributed by atoms with Gasteiger partial charge in [0, 0.05) is 8.95 Å². The van der Waals surface area contributed by atoms with Crippen molar-refractivity contribution in [1.82, 2.24) is 0 Å². The van der Waals surface area contributed by atoms with Crippen molar-refractivity contribution in [3.05, 3.63) is 102 Å². The minimum atomic E-state index is -0.459. The summed E-state index contributed by atoms with van der Waals surface area (Å²) in [5, 5.41) is 102. The van der Waals surface area contributed by atoms with E-state index in [1.54, 1.807) is 367 Å². The van der Waals surface area contributed by atoms with Gasteiger partial charge in [-0.25, -0.2) is 0 Å². The highest BCUT2D eigenvalue weighted by atomic mass is 79.9. The molecule has 2 atom stereocenters. The van der Waals surface area contributed by atoms with Gasteiger partial charge >= 0.3 is 0 Å². The Balaban J connectivity index is 1.07. The van der Waals surface area contributed by atoms with Crippen molar-refractivity contribution in [2.45, 2.75) is 23.7 Å². The summed E-state index contributed by atoms with van der Waals surface area (Å²) in [4.78, 5) is 0. The van der Waals surface area contributed by atoms with E-state index >= 15 is 0 Å². The van der Waals surface area contributed by atoms with Gasteiger partial charge in [0.15, 0.2) is 0 Å². The monoisotopic (exact) mass is 1180 g/mol. The van der Waals surface area contributed by atoms with Crippen LogP contribution in [0.4, 0.5) is 0 Å². The molecule has 34 aromatic carbocycles. The molecule has 5 aliphatic carbocycles. The van der Waals surface area contributed by atoms with Gasteiger partial charge < -0.3 is 0 Å². The molecule has 362 valence electrons. The summed E-state index contributed by atoms with van der Waals surface area (Å²) in [6.45, 7) is 0. The van der Waals surface area contributed by atoms with Gasteiger partial charge in [0.05, 0.1) is 10.8 Å². The van der Waals surface area contributed by atoms with Crippen LogP contribution in [0.1, 0.15) is 44.5 Å². The van der Waals surface area contributed by atoms with Crippen molar-refractivity contribution in [3.63, 3.8) is 0 Å². The molecule has 0 saturated heterocycles. The van der Waals surface area contributed by atoms with Crippen molar-refractivity contribution in [2.75, 3.05) is 0 Å². The SMILES string of the molecule is Brc1ccccc1C[C@]12c3c4c5c6c7c8c9c%10c(c1c1c%11c%12c2c2c3c3c5c5c%13c6c6c7c7c9c9c%14c%10c1c1c%10c%11c%11c%12c%12c2c2c3c5c3c5c2c%12c2c%11c%11c%10c%10c(c%141)c1c9c7c7c6c6c%13c3c3c5c2c%11c2c%10c1c7c6c32)[C@@]48Cc1ccccc1Br. The molecule has 0 nitrogen and oxygen atoms in total. The average molecular weight is 1180 g/mol. The maximum absolute atomic E-state index is 4.40. The second-order valence-corrected chi connectivity index (χ2v) is 32.6. The van der Waals surface area contributed by atoms with Gasteiger partial charge in [-0.3, -0.25) is 0 Å². The Morgan fingerprint density at radius 3 is 0.477 bits per heavy atom. The Bertz CT molecular complexity index is 8830. The summed E-state index contributed by atoms with van der Waals surface area (Å²) in [6.07, 6.45) is 1.87. The minimum Gasteiger partial charge on any atom is -0.0619 e. The highest BCUT2D eigenvalue weighted by Crippen LogP contribution is 2.85. The van der Waals surface area contributed by atoms with Gasteiger partial charge in [-0.2, -0.15) is 0 Å². The van der Waals surface area contributed by atoms with Gasteiger partial charge in [-0.1, -0.05) is 68.3 Å². The molecular weight excluding hydrogens is 1170 g/mol. The largest absolute Gasteiger partial charge is 0.0619 e. The fraction of sp³-hybridized carbons (Fsp3) is 0.0476. The molecule has 0 aliphatic heterocycles. The summed E-state index contributed by atoms with van der Waals surface area (Å²) in [7, 11) is 0. The van der Waals surface area contributed by atoms with Gasteiger partial charge in [0.2, 0.25) is 0 Å². The molecule has 86 heavy (non-hydrogen) atoms. The molecule has 0 spiro atoms. The van der Waals surface area contributed by atoms with Crippen molar-refractivity contribution in [1.29, 1.82) is 0 Å². The number of rotatable bonds is 4. The Labute approximate surface area is 487 Å². The van der Waals surface area contributed by atoms with Crippen LogP contribution in [0, 0.1) is 0 Å². The third-order valence-corrected chi connectivity index (χ3v) is 31.7. The summed E-state index contributed by atoms with van der Waals surface area (Å²) in [5.74, 6) is 0. The van der Waals surface area contributed by atoms with E-state index < -0.39 is 10.8 Å². The topological polar surface area (TPSA) is 0 Å². The second-order valence-electron chi connectivity index (χ2n) is 30.8. The van der Waals surface area contributed by atoms with E-state index in [0.717, 1.165) is 12.8 Å². The summed E-state index contributed by atoms with van der Waals surface area (Å²) in [6, 6.07) is 19.1. The molecule has 0 aromatic heterocycles. The van der Waals surface area contributed by atoms with Crippen molar-refractivity contribution >= 4 is 366 Å². The van der Waals surface area contributed by atoms with Gasteiger partial charge in [0.25, 0.3) is 0 Å². The molecule has 0 saturated carbocycles. The summed E-state index contributed by atoms with van der Waals surface area (Å²) < 4.78 is 2.51. The van der Waals surface area contributed by atoms with E-state index in [9.17, 15) is 0 Å². The molecule has 5 aliphatic rings. The van der Waals surface area contributed by atoms with E-state index in [2.05, 4.69) is 80.4 Å². The standard InChI is InChI=1S/C84H12Br2/c85-13-7-3-1-5-11(13)9-83-77-69-59-53-37-29-21-15-16-17-19-23(21)35(37)41-39-27(19)32-26(17)34-30-22(16)24-20-18(15)25-31-28(20)40-42-36(24)38(30)54-56-46(34)48-44(32)51-49(39)61(57(41)59)73(77)75-65(51)64(48)72-68(56)70-60(54)58(42)62-50(40)52-43(31)47-45(33(25)29)55(53)67(69)71-63(47)66(52)76-74(62)78(70)84(80(72)81(75)83,82(76)79(71)83)10-12-6-2-4-8-14(12)86/h1-8H,9-10H2/t83-,84-/m1/s1. The molecule has 0 bridgehead atoms. The van der Waals surface area contributed by atoms with Crippen LogP contribution in [-0.4, -0.2) is 0 Å². The van der Waals surface area contributed by atoms with Crippen LogP contribution < -0.4 is 0 Å². The van der Waals surface area contributed by atoms with Gasteiger partial charge in [0.1, 0.15) is 0 Å². The first-order chi connectivity index (χ1) is 42.7. The summed E-state index contributed by atoms with van der Waals surface area (Å²) >= 11 is 8.81. The third kappa shape index (κ3) is 1.95. The van der Waals surface area contributed by atoms with Crippen LogP contribution in [-0.2, 0) is 23.7 Å². The molecule has 2 heteroatoms. The smallest absolute Gasteiger partial charge is 0.0524 e. The summed E-state index contributed by atoms with van der Waals surface area (Å²) in [5.41, 5.74) is 12.3. The first-order valence-corrected chi connectivity index (χ1v) is 33.3. The average Bonchev–Trinajstić information content (AvgIpc) is 1.39. The quantitative estimate of drug-likeness (QED) is 0.122. The van der Waals surface area contributed by atoms with E-state index in [1.165, 1.54) is 20.1 Å². The number of hydrogen-bond donors (Lipinski definition) is 0. The van der Waals surface area contributed by atoms with E-state index in [1.807, 2.05) is 0 Å². The van der Waals surface area contributed by atoms with Crippen LogP contribution in [0.5, 0.6) is 0 Å². The Morgan fingerprint density at radius 2 is 0.291 bits per heavy atom. The fourth-order valence-electron chi connectivity index (χ4n) is 29.7. The first-order valence-electron chi connectivity index (χ1n) is 31.7. The highest BCUT2D eigenvalue weighted by Gasteiger charge is 2.66. The maximum atomic E-state index is 4.40. The molecule has 34 aromatic rings. The van der Waals surface area contributed by atoms with E-state index in [4.69, 9.17) is 0 Å². The van der Waals surface area contributed by atoms with Crippen LogP contribution in [0.2, 0.25) is 0 Å². The molecule has 0 fully saturated rings. The Morgan fingerprint density at radius 1 is 0.163 bits per heavy atom. The zero-order valence-electron chi connectivity index (χ0n) is 43.8. The molecule has 0 amide bonds. The van der Waals surface area contributed by atoms with Crippen LogP contribution >= 0.6 is 31.9 Å². The predicted molar refractivity (Wildman–Crippen MR) is 371 cm³/mol. The lowest BCUT2D eigenvalue weighted by Gasteiger charge is -2.51. The maximum Gasteiger partial charge on any atom is 0.0524 e. The lowest BCUT2D eigenvalue weighted by atomic mass is 9.49. The van der Waals surface area contributed by atoms with Gasteiger partial charge in [-0.05, 0) is 403 Å². The zero-order chi connectivity index (χ0) is 51.6. The van der Waals surface area contributed by atoms with Crippen molar-refractivity contribution in [2.24, 2.45) is 0 Å². The van der Waals surface area contributed by atoms with E-state index in [-0.39, 0.29) is 0 Å². The molecule has 0 radical (unpaired) electrons. The van der Waals surface area contributed by atoms with Crippen molar-refractivity contribution < 1.29 is 0 Å². The minimum absolute atomic E-state index is 0.459. The fourth-order valence-corrected chi connectivity index (χ4v) is 30.5. The lowest BCUT2D eigenvalue weighted by Crippen LogP contribution is -2.46. The second kappa shape index (κ2) is 8.04. The van der Waals surface area contributed by atoms with E-state index in [0.29, 0.717) is 0 Å². The Hall–Kier alpha value is -9.44. The number of benzene rings is 24. The van der Waals surface area contributed by atoms with Crippen LogP contribution in [0.3, 0.4) is 0 Å². The molecule has 0 heterocycles. The Kier molecular flexibility index (Phi) is 3.17. The first kappa shape index (κ1) is 33.9. The van der Waals surface area contributed by atoms with Crippen molar-refractivity contribution in [3.8, 4) is 0 Å². The van der Waals surface area contributed by atoms with Gasteiger partial charge in [-0.15, -0.1) is 0 Å². The third-order valence-electron chi connectivity index (χ3n) is 30.1. The normalized spacial score (nSPS) is 20.6. The van der Waals surface area contributed by atoms with Crippen LogP contribution in [0.15, 0.2) is 57.5 Å². The van der Waals surface area contributed by atoms with Crippen LogP contribution in [0.25, 0.3) is 334 Å². The molecule has 0 unspecified atom stereocenters. The number of halogens is 2. The molecule has 39 rings (SSSR count). The molecule has 0 N–H and O–H groups in total. The predicted octanol–water partition coefficient (Wildman–Crippen LogP) is 23.9. The number of hydrogen-bond acceptors (Lipinski definition) is 0. The highest BCUT2D eigenvalue weighted by molar-refractivity contribution is 9.10. The molecular formula is C84H12Br2. The zero-order valence-corrected chi connectivity index (χ0v) is 47.0. The lowest BCUT2D eigenvalue weighted by molar-refractivity contribution is 0.535.